The number of ether oxygens (including phenoxy) is 1. The summed E-state index contributed by atoms with van der Waals surface area (Å²) >= 11 is 0. The Morgan fingerprint density at radius 3 is 2.46 bits per heavy atom. The summed E-state index contributed by atoms with van der Waals surface area (Å²) in [6, 6.07) is 18.8. The van der Waals surface area contributed by atoms with Crippen LogP contribution in [-0.4, -0.2) is 6.10 Å². The fraction of sp³-hybridized carbons (Fsp3) is 0.167. The van der Waals surface area contributed by atoms with Gasteiger partial charge in [-0.1, -0.05) is 36.9 Å². The van der Waals surface area contributed by atoms with Crippen molar-refractivity contribution in [2.75, 3.05) is 11.1 Å². The fourth-order valence-electron chi connectivity index (χ4n) is 2.96. The van der Waals surface area contributed by atoms with Gasteiger partial charge in [-0.05, 0) is 67.3 Å². The highest BCUT2D eigenvalue weighted by Gasteiger charge is 2.09. The molecule has 28 heavy (non-hydrogen) atoms. The summed E-state index contributed by atoms with van der Waals surface area (Å²) in [5.41, 5.74) is 11.5. The molecule has 0 atom stereocenters. The standard InChI is InChI=1S/C24H25FN2O/c1-4-17-5-7-18(8-6-17)13-19-14-20(26)9-11-23(19)27-21-10-12-24(22(25)15-21)28-16(2)3/h4-12,14-16,27H,1,13,26H2,2-3H3. The predicted molar refractivity (Wildman–Crippen MR) is 116 cm³/mol. The molecule has 3 nitrogen and oxygen atoms in total. The first-order valence-corrected chi connectivity index (χ1v) is 9.27. The highest BCUT2D eigenvalue weighted by Crippen LogP contribution is 2.28. The quantitative estimate of drug-likeness (QED) is 0.485. The molecule has 0 aliphatic carbocycles. The highest BCUT2D eigenvalue weighted by atomic mass is 19.1. The Morgan fingerprint density at radius 1 is 1.07 bits per heavy atom. The highest BCUT2D eigenvalue weighted by molar-refractivity contribution is 5.67. The largest absolute Gasteiger partial charge is 0.488 e. The van der Waals surface area contributed by atoms with Crippen LogP contribution >= 0.6 is 0 Å². The number of halogens is 1. The number of benzene rings is 3. The van der Waals surface area contributed by atoms with Gasteiger partial charge in [0.05, 0.1) is 6.10 Å². The van der Waals surface area contributed by atoms with Crippen LogP contribution in [0.2, 0.25) is 0 Å². The lowest BCUT2D eigenvalue weighted by Gasteiger charge is -2.15. The third kappa shape index (κ3) is 4.92. The van der Waals surface area contributed by atoms with E-state index in [1.54, 1.807) is 12.1 Å². The molecule has 0 aromatic heterocycles. The van der Waals surface area contributed by atoms with Crippen molar-refractivity contribution in [1.82, 2.24) is 0 Å². The lowest BCUT2D eigenvalue weighted by molar-refractivity contribution is 0.231. The number of anilines is 3. The molecule has 3 aromatic carbocycles. The first-order valence-electron chi connectivity index (χ1n) is 9.27. The van der Waals surface area contributed by atoms with Crippen LogP contribution in [0.15, 0.2) is 67.2 Å². The second kappa shape index (κ2) is 8.61. The zero-order valence-electron chi connectivity index (χ0n) is 16.2. The first kappa shape index (κ1) is 19.5. The maximum atomic E-state index is 14.3. The van der Waals surface area contributed by atoms with Gasteiger partial charge in [-0.15, -0.1) is 0 Å². The van der Waals surface area contributed by atoms with Gasteiger partial charge in [0, 0.05) is 23.1 Å². The summed E-state index contributed by atoms with van der Waals surface area (Å²) < 4.78 is 19.8. The molecule has 0 spiro atoms. The maximum Gasteiger partial charge on any atom is 0.167 e. The molecule has 0 fully saturated rings. The Morgan fingerprint density at radius 2 is 1.82 bits per heavy atom. The van der Waals surface area contributed by atoms with E-state index >= 15 is 0 Å². The number of nitrogens with one attached hydrogen (secondary N) is 1. The molecule has 3 N–H and O–H groups in total. The second-order valence-corrected chi connectivity index (χ2v) is 6.98. The summed E-state index contributed by atoms with van der Waals surface area (Å²) in [4.78, 5) is 0. The SMILES string of the molecule is C=Cc1ccc(Cc2cc(N)ccc2Nc2ccc(OC(C)C)c(F)c2)cc1. The Bertz CT molecular complexity index is 965. The van der Waals surface area contributed by atoms with Crippen molar-refractivity contribution in [2.24, 2.45) is 0 Å². The van der Waals surface area contributed by atoms with Crippen molar-refractivity contribution in [2.45, 2.75) is 26.4 Å². The van der Waals surface area contributed by atoms with Crippen molar-refractivity contribution < 1.29 is 9.13 Å². The van der Waals surface area contributed by atoms with E-state index in [1.165, 1.54) is 6.07 Å². The van der Waals surface area contributed by atoms with Gasteiger partial charge >= 0.3 is 0 Å². The predicted octanol–water partition coefficient (Wildman–Crippen LogP) is 6.17. The molecule has 4 heteroatoms. The van der Waals surface area contributed by atoms with Crippen molar-refractivity contribution in [3.63, 3.8) is 0 Å². The normalized spacial score (nSPS) is 10.7. The number of nitrogen functional groups attached to an aromatic ring is 1. The zero-order chi connectivity index (χ0) is 20.1. The summed E-state index contributed by atoms with van der Waals surface area (Å²) in [7, 11) is 0. The van der Waals surface area contributed by atoms with Gasteiger partial charge in [0.25, 0.3) is 0 Å². The van der Waals surface area contributed by atoms with Crippen LogP contribution in [0.3, 0.4) is 0 Å². The van der Waals surface area contributed by atoms with E-state index < -0.39 is 5.82 Å². The number of rotatable bonds is 7. The summed E-state index contributed by atoms with van der Waals surface area (Å²) in [5, 5.41) is 3.30. The third-order valence-electron chi connectivity index (χ3n) is 4.31. The molecular formula is C24H25FN2O. The Kier molecular flexibility index (Phi) is 5.99. The minimum absolute atomic E-state index is 0.0792. The number of hydrogen-bond donors (Lipinski definition) is 2. The summed E-state index contributed by atoms with van der Waals surface area (Å²) in [5.74, 6) is -0.143. The minimum Gasteiger partial charge on any atom is -0.488 e. The molecular weight excluding hydrogens is 351 g/mol. The van der Waals surface area contributed by atoms with Gasteiger partial charge in [-0.25, -0.2) is 4.39 Å². The van der Waals surface area contributed by atoms with Gasteiger partial charge < -0.3 is 15.8 Å². The zero-order valence-corrected chi connectivity index (χ0v) is 16.2. The maximum absolute atomic E-state index is 14.3. The molecule has 0 saturated carbocycles. The molecule has 3 aromatic rings. The lowest BCUT2D eigenvalue weighted by atomic mass is 10.0. The molecule has 0 unspecified atom stereocenters. The van der Waals surface area contributed by atoms with Crippen LogP contribution in [0.25, 0.3) is 6.08 Å². The van der Waals surface area contributed by atoms with E-state index in [9.17, 15) is 4.39 Å². The monoisotopic (exact) mass is 376 g/mol. The Labute approximate surface area is 165 Å². The van der Waals surface area contributed by atoms with Crippen LogP contribution in [-0.2, 0) is 6.42 Å². The molecule has 0 heterocycles. The minimum atomic E-state index is -0.393. The van der Waals surface area contributed by atoms with Gasteiger partial charge in [0.15, 0.2) is 11.6 Å². The van der Waals surface area contributed by atoms with Crippen LogP contribution in [0.1, 0.15) is 30.5 Å². The lowest BCUT2D eigenvalue weighted by Crippen LogP contribution is -2.07. The van der Waals surface area contributed by atoms with Crippen molar-refractivity contribution >= 4 is 23.1 Å². The molecule has 0 aliphatic heterocycles. The van der Waals surface area contributed by atoms with Crippen molar-refractivity contribution in [3.8, 4) is 5.75 Å². The van der Waals surface area contributed by atoms with E-state index in [-0.39, 0.29) is 11.9 Å². The summed E-state index contributed by atoms with van der Waals surface area (Å²) in [6.45, 7) is 7.52. The molecule has 0 amide bonds. The number of nitrogens with two attached hydrogens (primary N) is 1. The smallest absolute Gasteiger partial charge is 0.167 e. The molecule has 144 valence electrons. The topological polar surface area (TPSA) is 47.3 Å². The second-order valence-electron chi connectivity index (χ2n) is 6.98. The average Bonchev–Trinajstić information content (AvgIpc) is 2.66. The third-order valence-corrected chi connectivity index (χ3v) is 4.31. The molecule has 0 aliphatic rings. The average molecular weight is 376 g/mol. The van der Waals surface area contributed by atoms with Crippen molar-refractivity contribution in [3.05, 3.63) is 89.8 Å². The van der Waals surface area contributed by atoms with Gasteiger partial charge in [0.1, 0.15) is 0 Å². The van der Waals surface area contributed by atoms with Gasteiger partial charge in [0.2, 0.25) is 0 Å². The Balaban J connectivity index is 1.84. The van der Waals surface area contributed by atoms with E-state index in [0.717, 1.165) is 22.4 Å². The van der Waals surface area contributed by atoms with Crippen LogP contribution in [0.5, 0.6) is 5.75 Å². The molecule has 3 rings (SSSR count). The Hall–Kier alpha value is -3.27. The van der Waals surface area contributed by atoms with Crippen LogP contribution in [0, 0.1) is 5.82 Å². The van der Waals surface area contributed by atoms with E-state index in [0.29, 0.717) is 17.8 Å². The van der Waals surface area contributed by atoms with E-state index in [4.69, 9.17) is 10.5 Å². The van der Waals surface area contributed by atoms with Crippen LogP contribution in [0.4, 0.5) is 21.5 Å². The van der Waals surface area contributed by atoms with Gasteiger partial charge in [-0.2, -0.15) is 0 Å². The van der Waals surface area contributed by atoms with E-state index in [1.807, 2.05) is 50.3 Å². The summed E-state index contributed by atoms with van der Waals surface area (Å²) in [6.07, 6.45) is 2.45. The molecule has 0 saturated heterocycles. The van der Waals surface area contributed by atoms with Crippen LogP contribution < -0.4 is 15.8 Å². The van der Waals surface area contributed by atoms with Gasteiger partial charge in [-0.3, -0.25) is 0 Å². The number of hydrogen-bond acceptors (Lipinski definition) is 3. The molecule has 0 bridgehead atoms. The van der Waals surface area contributed by atoms with E-state index in [2.05, 4.69) is 24.0 Å². The fourth-order valence-corrected chi connectivity index (χ4v) is 2.96. The first-order chi connectivity index (χ1) is 13.4. The molecule has 0 radical (unpaired) electrons. The van der Waals surface area contributed by atoms with Crippen molar-refractivity contribution in [1.29, 1.82) is 0 Å².